The van der Waals surface area contributed by atoms with E-state index >= 15 is 0 Å². The van der Waals surface area contributed by atoms with Crippen molar-refractivity contribution in [3.8, 4) is 0 Å². The Morgan fingerprint density at radius 3 is 2.63 bits per heavy atom. The maximum absolute atomic E-state index is 12.3. The smallest absolute Gasteiger partial charge is 0.225 e. The summed E-state index contributed by atoms with van der Waals surface area (Å²) in [6.07, 6.45) is 12.2. The third-order valence-electron chi connectivity index (χ3n) is 5.16. The first-order valence-corrected chi connectivity index (χ1v) is 8.12. The highest BCUT2D eigenvalue weighted by molar-refractivity contribution is 5.81. The first kappa shape index (κ1) is 13.2. The summed E-state index contributed by atoms with van der Waals surface area (Å²) >= 11 is 0. The lowest BCUT2D eigenvalue weighted by Crippen LogP contribution is -2.39. The molecule has 0 N–H and O–H groups in total. The Kier molecular flexibility index (Phi) is 3.68. The van der Waals surface area contributed by atoms with Gasteiger partial charge in [0.2, 0.25) is 5.91 Å². The first-order chi connectivity index (χ1) is 9.16. The summed E-state index contributed by atoms with van der Waals surface area (Å²) in [4.78, 5) is 14.5. The molecular weight excluding hydrogens is 234 g/mol. The van der Waals surface area contributed by atoms with E-state index in [1.165, 1.54) is 25.7 Å². The number of amides is 1. The molecule has 0 saturated heterocycles. The Morgan fingerprint density at radius 2 is 2.05 bits per heavy atom. The highest BCUT2D eigenvalue weighted by Crippen LogP contribution is 2.49. The first-order valence-electron chi connectivity index (χ1n) is 8.12. The Labute approximate surface area is 117 Å². The maximum Gasteiger partial charge on any atom is 0.225 e. The fourth-order valence-electron chi connectivity index (χ4n) is 3.64. The van der Waals surface area contributed by atoms with Crippen LogP contribution in [0.2, 0.25) is 0 Å². The molecule has 0 aromatic rings. The van der Waals surface area contributed by atoms with Crippen molar-refractivity contribution in [2.75, 3.05) is 6.54 Å². The molecule has 19 heavy (non-hydrogen) atoms. The predicted octanol–water partition coefficient (Wildman–Crippen LogP) is 3.63. The number of nitrogens with zero attached hydrogens (tertiary/aromatic N) is 1. The van der Waals surface area contributed by atoms with E-state index in [2.05, 4.69) is 30.9 Å². The van der Waals surface area contributed by atoms with Crippen LogP contribution in [0.25, 0.3) is 0 Å². The second-order valence-electron chi connectivity index (χ2n) is 7.06. The van der Waals surface area contributed by atoms with Crippen LogP contribution in [-0.4, -0.2) is 23.4 Å². The SMILES string of the molecule is CC(C)N(CC1CC1C1CC=CCC1)C(=O)C1CC1. The van der Waals surface area contributed by atoms with Crippen molar-refractivity contribution in [1.29, 1.82) is 0 Å². The van der Waals surface area contributed by atoms with Crippen LogP contribution in [0.5, 0.6) is 0 Å². The molecule has 3 aliphatic carbocycles. The van der Waals surface area contributed by atoms with E-state index in [0.29, 0.717) is 17.9 Å². The quantitative estimate of drug-likeness (QED) is 0.692. The number of carbonyl (C=O) groups excluding carboxylic acids is 1. The van der Waals surface area contributed by atoms with Crippen LogP contribution in [0.15, 0.2) is 12.2 Å². The molecule has 2 saturated carbocycles. The molecule has 3 unspecified atom stereocenters. The molecule has 0 spiro atoms. The normalized spacial score (nSPS) is 33.5. The number of hydrogen-bond donors (Lipinski definition) is 0. The zero-order valence-electron chi connectivity index (χ0n) is 12.3. The number of rotatable bonds is 5. The van der Waals surface area contributed by atoms with E-state index in [-0.39, 0.29) is 0 Å². The average molecular weight is 261 g/mol. The molecule has 2 heteroatoms. The van der Waals surface area contributed by atoms with E-state index < -0.39 is 0 Å². The topological polar surface area (TPSA) is 20.3 Å². The molecule has 0 aromatic carbocycles. The molecule has 0 radical (unpaired) electrons. The van der Waals surface area contributed by atoms with Gasteiger partial charge in [-0.05, 0) is 70.1 Å². The van der Waals surface area contributed by atoms with E-state index in [1.807, 2.05) is 0 Å². The highest BCUT2D eigenvalue weighted by atomic mass is 16.2. The van der Waals surface area contributed by atoms with Crippen LogP contribution < -0.4 is 0 Å². The summed E-state index contributed by atoms with van der Waals surface area (Å²) in [6, 6.07) is 0.376. The molecule has 0 aliphatic heterocycles. The van der Waals surface area contributed by atoms with Gasteiger partial charge in [-0.2, -0.15) is 0 Å². The Balaban J connectivity index is 1.52. The summed E-state index contributed by atoms with van der Waals surface area (Å²) in [5.41, 5.74) is 0. The number of allylic oxidation sites excluding steroid dienone is 2. The molecule has 3 rings (SSSR count). The van der Waals surface area contributed by atoms with Crippen molar-refractivity contribution >= 4 is 5.91 Å². The molecule has 3 aliphatic rings. The second-order valence-corrected chi connectivity index (χ2v) is 7.06. The van der Waals surface area contributed by atoms with Gasteiger partial charge in [0.05, 0.1) is 0 Å². The van der Waals surface area contributed by atoms with Crippen LogP contribution in [0.3, 0.4) is 0 Å². The molecule has 2 fully saturated rings. The molecule has 1 amide bonds. The lowest BCUT2D eigenvalue weighted by molar-refractivity contribution is -0.134. The van der Waals surface area contributed by atoms with Gasteiger partial charge >= 0.3 is 0 Å². The van der Waals surface area contributed by atoms with Crippen molar-refractivity contribution in [2.24, 2.45) is 23.7 Å². The Hall–Kier alpha value is -0.790. The predicted molar refractivity (Wildman–Crippen MR) is 77.7 cm³/mol. The van der Waals surface area contributed by atoms with Gasteiger partial charge in [-0.25, -0.2) is 0 Å². The van der Waals surface area contributed by atoms with Gasteiger partial charge in [0, 0.05) is 18.5 Å². The third kappa shape index (κ3) is 3.04. The van der Waals surface area contributed by atoms with Crippen molar-refractivity contribution in [3.63, 3.8) is 0 Å². The summed E-state index contributed by atoms with van der Waals surface area (Å²) in [7, 11) is 0. The van der Waals surface area contributed by atoms with Crippen LogP contribution in [-0.2, 0) is 4.79 Å². The molecule has 0 heterocycles. The maximum atomic E-state index is 12.3. The number of carbonyl (C=O) groups is 1. The van der Waals surface area contributed by atoms with Gasteiger partial charge in [-0.3, -0.25) is 4.79 Å². The van der Waals surface area contributed by atoms with Gasteiger partial charge in [0.1, 0.15) is 0 Å². The fraction of sp³-hybridized carbons (Fsp3) is 0.824. The van der Waals surface area contributed by atoms with E-state index in [9.17, 15) is 4.79 Å². The lowest BCUT2D eigenvalue weighted by Gasteiger charge is -2.28. The zero-order chi connectivity index (χ0) is 13.4. The van der Waals surface area contributed by atoms with Crippen molar-refractivity contribution < 1.29 is 4.79 Å². The van der Waals surface area contributed by atoms with Crippen molar-refractivity contribution in [1.82, 2.24) is 4.90 Å². The van der Waals surface area contributed by atoms with Gasteiger partial charge in [0.15, 0.2) is 0 Å². The number of hydrogen-bond acceptors (Lipinski definition) is 1. The molecule has 0 aromatic heterocycles. The fourth-order valence-corrected chi connectivity index (χ4v) is 3.64. The molecule has 106 valence electrons. The van der Waals surface area contributed by atoms with Crippen molar-refractivity contribution in [3.05, 3.63) is 12.2 Å². The van der Waals surface area contributed by atoms with Gasteiger partial charge < -0.3 is 4.90 Å². The summed E-state index contributed by atoms with van der Waals surface area (Å²) in [6.45, 7) is 5.36. The largest absolute Gasteiger partial charge is 0.340 e. The standard InChI is InChI=1S/C17H27NO/c1-12(2)18(17(19)14-8-9-14)11-15-10-16(15)13-6-4-3-5-7-13/h3-4,12-16H,5-11H2,1-2H3. The Bertz CT molecular complexity index is 369. The van der Waals surface area contributed by atoms with E-state index in [1.54, 1.807) is 0 Å². The summed E-state index contributed by atoms with van der Waals surface area (Å²) < 4.78 is 0. The minimum absolute atomic E-state index is 0.372. The van der Waals surface area contributed by atoms with Crippen LogP contribution in [0.1, 0.15) is 52.4 Å². The van der Waals surface area contributed by atoms with E-state index in [4.69, 9.17) is 0 Å². The summed E-state index contributed by atoms with van der Waals surface area (Å²) in [5.74, 6) is 3.40. The van der Waals surface area contributed by atoms with Gasteiger partial charge in [0.25, 0.3) is 0 Å². The highest BCUT2D eigenvalue weighted by Gasteiger charge is 2.45. The lowest BCUT2D eigenvalue weighted by atomic mass is 9.89. The van der Waals surface area contributed by atoms with Crippen LogP contribution in [0, 0.1) is 23.7 Å². The minimum Gasteiger partial charge on any atom is -0.340 e. The van der Waals surface area contributed by atoms with Crippen LogP contribution in [0.4, 0.5) is 0 Å². The zero-order valence-corrected chi connectivity index (χ0v) is 12.3. The molecular formula is C17H27NO. The average Bonchev–Trinajstić information content (AvgIpc) is 3.28. The molecule has 0 bridgehead atoms. The summed E-state index contributed by atoms with van der Waals surface area (Å²) in [5, 5.41) is 0. The van der Waals surface area contributed by atoms with Gasteiger partial charge in [-0.15, -0.1) is 0 Å². The van der Waals surface area contributed by atoms with E-state index in [0.717, 1.165) is 37.1 Å². The van der Waals surface area contributed by atoms with Crippen LogP contribution >= 0.6 is 0 Å². The Morgan fingerprint density at radius 1 is 1.26 bits per heavy atom. The van der Waals surface area contributed by atoms with Crippen molar-refractivity contribution in [2.45, 2.75) is 58.4 Å². The molecule has 2 nitrogen and oxygen atoms in total. The third-order valence-corrected chi connectivity index (χ3v) is 5.16. The monoisotopic (exact) mass is 261 g/mol. The minimum atomic E-state index is 0.372. The van der Waals surface area contributed by atoms with Gasteiger partial charge in [-0.1, -0.05) is 12.2 Å². The second kappa shape index (κ2) is 5.30. The molecule has 3 atom stereocenters.